The number of nitrogens with zero attached hydrogens (tertiary/aromatic N) is 2. The van der Waals surface area contributed by atoms with Crippen molar-refractivity contribution in [3.05, 3.63) is 59.9 Å². The largest absolute Gasteiger partial charge is 0.497 e. The van der Waals surface area contributed by atoms with Crippen LogP contribution in [0.25, 0.3) is 0 Å². The van der Waals surface area contributed by atoms with Crippen molar-refractivity contribution < 1.29 is 18.7 Å². The second-order valence-corrected chi connectivity index (χ2v) is 6.14. The Balaban J connectivity index is 1.42. The number of benzene rings is 2. The van der Waals surface area contributed by atoms with Gasteiger partial charge in [-0.25, -0.2) is 4.39 Å². The molecule has 3 rings (SSSR count). The van der Waals surface area contributed by atoms with Gasteiger partial charge in [-0.2, -0.15) is 0 Å². The first-order valence-corrected chi connectivity index (χ1v) is 8.70. The smallest absolute Gasteiger partial charge is 0.256 e. The van der Waals surface area contributed by atoms with Gasteiger partial charge in [-0.15, -0.1) is 0 Å². The van der Waals surface area contributed by atoms with E-state index in [0.717, 1.165) is 31.1 Å². The topological polar surface area (TPSA) is 42.0 Å². The quantitative estimate of drug-likeness (QED) is 0.796. The molecule has 0 unspecified atom stereocenters. The third-order valence-corrected chi connectivity index (χ3v) is 4.50. The van der Waals surface area contributed by atoms with E-state index in [1.54, 1.807) is 24.1 Å². The molecular weight excluding hydrogens is 335 g/mol. The maximum atomic E-state index is 13.8. The monoisotopic (exact) mass is 358 g/mol. The Morgan fingerprint density at radius 2 is 1.65 bits per heavy atom. The van der Waals surface area contributed by atoms with Gasteiger partial charge in [0.15, 0.2) is 0 Å². The molecule has 1 aliphatic heterocycles. The number of hydrogen-bond donors (Lipinski definition) is 0. The lowest BCUT2D eigenvalue weighted by Gasteiger charge is -2.34. The van der Waals surface area contributed by atoms with Gasteiger partial charge in [-0.05, 0) is 36.4 Å². The van der Waals surface area contributed by atoms with Crippen molar-refractivity contribution in [2.45, 2.75) is 0 Å². The van der Waals surface area contributed by atoms with Gasteiger partial charge in [0.1, 0.15) is 23.9 Å². The molecule has 1 aliphatic rings. The molecule has 0 spiro atoms. The van der Waals surface area contributed by atoms with Gasteiger partial charge in [-0.1, -0.05) is 12.1 Å². The Morgan fingerprint density at radius 1 is 1.00 bits per heavy atom. The summed E-state index contributed by atoms with van der Waals surface area (Å²) in [6, 6.07) is 13.6. The number of methoxy groups -OCH3 is 1. The first-order chi connectivity index (χ1) is 12.7. The normalized spacial score (nSPS) is 14.9. The minimum Gasteiger partial charge on any atom is -0.497 e. The van der Waals surface area contributed by atoms with Crippen molar-refractivity contribution in [1.29, 1.82) is 0 Å². The SMILES string of the molecule is COc1ccc(OCCN2CCN(C(=O)c3ccccc3F)CC2)cc1. The number of amides is 1. The molecule has 0 atom stereocenters. The highest BCUT2D eigenvalue weighted by Crippen LogP contribution is 2.17. The van der Waals surface area contributed by atoms with E-state index < -0.39 is 5.82 Å². The molecule has 5 nitrogen and oxygen atoms in total. The van der Waals surface area contributed by atoms with Crippen molar-refractivity contribution in [3.63, 3.8) is 0 Å². The third kappa shape index (κ3) is 4.52. The summed E-state index contributed by atoms with van der Waals surface area (Å²) < 4.78 is 24.6. The van der Waals surface area contributed by atoms with E-state index in [0.29, 0.717) is 19.7 Å². The Bertz CT molecular complexity index is 728. The van der Waals surface area contributed by atoms with E-state index in [9.17, 15) is 9.18 Å². The zero-order valence-electron chi connectivity index (χ0n) is 14.9. The Labute approximate surface area is 152 Å². The van der Waals surface area contributed by atoms with Crippen LogP contribution in [0.1, 0.15) is 10.4 Å². The van der Waals surface area contributed by atoms with Crippen LogP contribution in [-0.4, -0.2) is 62.1 Å². The maximum absolute atomic E-state index is 13.8. The van der Waals surface area contributed by atoms with E-state index in [-0.39, 0.29) is 11.5 Å². The first kappa shape index (κ1) is 18.2. The van der Waals surface area contributed by atoms with Crippen LogP contribution in [0, 0.1) is 5.82 Å². The fourth-order valence-corrected chi connectivity index (χ4v) is 2.94. The molecule has 26 heavy (non-hydrogen) atoms. The average molecular weight is 358 g/mol. The van der Waals surface area contributed by atoms with Gasteiger partial charge >= 0.3 is 0 Å². The standard InChI is InChI=1S/C20H23FN2O3/c1-25-16-6-8-17(9-7-16)26-15-14-22-10-12-23(13-11-22)20(24)18-4-2-3-5-19(18)21/h2-9H,10-15H2,1H3. The van der Waals surface area contributed by atoms with Crippen LogP contribution in [0.2, 0.25) is 0 Å². The van der Waals surface area contributed by atoms with Crippen LogP contribution in [0.5, 0.6) is 11.5 Å². The van der Waals surface area contributed by atoms with Gasteiger partial charge in [0, 0.05) is 32.7 Å². The highest BCUT2D eigenvalue weighted by atomic mass is 19.1. The van der Waals surface area contributed by atoms with E-state index >= 15 is 0 Å². The van der Waals surface area contributed by atoms with Gasteiger partial charge in [0.05, 0.1) is 12.7 Å². The molecule has 1 heterocycles. The lowest BCUT2D eigenvalue weighted by atomic mass is 10.1. The summed E-state index contributed by atoms with van der Waals surface area (Å²) in [5.74, 6) is 0.900. The molecule has 0 saturated carbocycles. The molecule has 0 aromatic heterocycles. The minimum absolute atomic E-state index is 0.142. The Morgan fingerprint density at radius 3 is 2.31 bits per heavy atom. The number of piperazine rings is 1. The van der Waals surface area contributed by atoms with E-state index in [1.807, 2.05) is 24.3 Å². The summed E-state index contributed by atoms with van der Waals surface area (Å²) in [5.41, 5.74) is 0.142. The molecule has 1 fully saturated rings. The summed E-state index contributed by atoms with van der Waals surface area (Å²) in [6.07, 6.45) is 0. The van der Waals surface area contributed by atoms with Crippen LogP contribution in [0.3, 0.4) is 0 Å². The summed E-state index contributed by atoms with van der Waals surface area (Å²) in [6.45, 7) is 4.06. The first-order valence-electron chi connectivity index (χ1n) is 8.70. The number of halogens is 1. The molecule has 2 aromatic rings. The zero-order valence-corrected chi connectivity index (χ0v) is 14.9. The Hall–Kier alpha value is -2.60. The maximum Gasteiger partial charge on any atom is 0.256 e. The lowest BCUT2D eigenvalue weighted by molar-refractivity contribution is 0.0616. The van der Waals surface area contributed by atoms with Crippen LogP contribution in [0.4, 0.5) is 4.39 Å². The third-order valence-electron chi connectivity index (χ3n) is 4.50. The highest BCUT2D eigenvalue weighted by Gasteiger charge is 2.23. The second-order valence-electron chi connectivity index (χ2n) is 6.14. The molecule has 1 amide bonds. The van der Waals surface area contributed by atoms with Crippen LogP contribution in [-0.2, 0) is 0 Å². The predicted octanol–water partition coefficient (Wildman–Crippen LogP) is 2.67. The number of carbonyl (C=O) groups is 1. The lowest BCUT2D eigenvalue weighted by Crippen LogP contribution is -2.49. The molecule has 0 N–H and O–H groups in total. The molecule has 2 aromatic carbocycles. The minimum atomic E-state index is -0.465. The number of carbonyl (C=O) groups excluding carboxylic acids is 1. The van der Waals surface area contributed by atoms with Crippen molar-refractivity contribution in [1.82, 2.24) is 9.80 Å². The van der Waals surface area contributed by atoms with Crippen molar-refractivity contribution in [3.8, 4) is 11.5 Å². The highest BCUT2D eigenvalue weighted by molar-refractivity contribution is 5.94. The van der Waals surface area contributed by atoms with Gasteiger partial charge < -0.3 is 14.4 Å². The fourth-order valence-electron chi connectivity index (χ4n) is 2.94. The molecule has 1 saturated heterocycles. The van der Waals surface area contributed by atoms with Crippen LogP contribution in [0.15, 0.2) is 48.5 Å². The summed E-state index contributed by atoms with van der Waals surface area (Å²) in [4.78, 5) is 16.4. The summed E-state index contributed by atoms with van der Waals surface area (Å²) in [7, 11) is 1.63. The molecular formula is C20H23FN2O3. The van der Waals surface area contributed by atoms with Crippen molar-refractivity contribution in [2.75, 3.05) is 46.4 Å². The number of hydrogen-bond acceptors (Lipinski definition) is 4. The van der Waals surface area contributed by atoms with E-state index in [4.69, 9.17) is 9.47 Å². The second kappa shape index (κ2) is 8.67. The predicted molar refractivity (Wildman–Crippen MR) is 97.2 cm³/mol. The molecule has 0 radical (unpaired) electrons. The number of rotatable bonds is 6. The van der Waals surface area contributed by atoms with E-state index in [1.165, 1.54) is 12.1 Å². The summed E-state index contributed by atoms with van der Waals surface area (Å²) in [5, 5.41) is 0. The molecule has 6 heteroatoms. The van der Waals surface area contributed by atoms with E-state index in [2.05, 4.69) is 4.90 Å². The van der Waals surface area contributed by atoms with Gasteiger partial charge in [0.2, 0.25) is 0 Å². The molecule has 138 valence electrons. The molecule has 0 bridgehead atoms. The van der Waals surface area contributed by atoms with Crippen molar-refractivity contribution >= 4 is 5.91 Å². The van der Waals surface area contributed by atoms with Crippen LogP contribution >= 0.6 is 0 Å². The molecule has 0 aliphatic carbocycles. The zero-order chi connectivity index (χ0) is 18.4. The van der Waals surface area contributed by atoms with Gasteiger partial charge in [-0.3, -0.25) is 9.69 Å². The summed E-state index contributed by atoms with van der Waals surface area (Å²) >= 11 is 0. The van der Waals surface area contributed by atoms with Crippen LogP contribution < -0.4 is 9.47 Å². The number of ether oxygens (including phenoxy) is 2. The van der Waals surface area contributed by atoms with Crippen molar-refractivity contribution in [2.24, 2.45) is 0 Å². The Kier molecular flexibility index (Phi) is 6.07. The van der Waals surface area contributed by atoms with Gasteiger partial charge in [0.25, 0.3) is 5.91 Å². The fraction of sp³-hybridized carbons (Fsp3) is 0.350. The average Bonchev–Trinajstić information content (AvgIpc) is 2.69.